The number of rotatable bonds is 3. The zero-order valence-corrected chi connectivity index (χ0v) is 11.3. The minimum Gasteiger partial charge on any atom is -0.324 e. The number of nitrogens with zero attached hydrogens (tertiary/aromatic N) is 3. The number of benzene rings is 1. The van der Waals surface area contributed by atoms with Gasteiger partial charge in [-0.05, 0) is 30.2 Å². The van der Waals surface area contributed by atoms with E-state index in [-0.39, 0.29) is 6.04 Å². The topological polar surface area (TPSA) is 56.7 Å². The van der Waals surface area contributed by atoms with Crippen LogP contribution in [0.2, 0.25) is 0 Å². The Balaban J connectivity index is 1.96. The number of nitrogens with two attached hydrogens (primary N) is 1. The van der Waals surface area contributed by atoms with E-state index < -0.39 is 0 Å². The van der Waals surface area contributed by atoms with Gasteiger partial charge >= 0.3 is 0 Å². The first kappa shape index (κ1) is 12.6. The smallest absolute Gasteiger partial charge is 0.153 e. The standard InChI is InChI=1S/C16H16N4/c1-12(17)14-7-8-18-16(9-14)20-11-15(10-19-20)13-5-3-2-4-6-13/h2-12H,17H2,1H3. The number of hydrogen-bond donors (Lipinski definition) is 1. The summed E-state index contributed by atoms with van der Waals surface area (Å²) >= 11 is 0. The highest BCUT2D eigenvalue weighted by Gasteiger charge is 2.06. The van der Waals surface area contributed by atoms with E-state index in [1.807, 2.05) is 49.6 Å². The third-order valence-corrected chi connectivity index (χ3v) is 3.22. The van der Waals surface area contributed by atoms with E-state index in [0.717, 1.165) is 22.5 Å². The van der Waals surface area contributed by atoms with Gasteiger partial charge in [0.25, 0.3) is 0 Å². The molecule has 0 bridgehead atoms. The molecule has 1 aromatic carbocycles. The van der Waals surface area contributed by atoms with Crippen LogP contribution < -0.4 is 5.73 Å². The van der Waals surface area contributed by atoms with Gasteiger partial charge in [-0.1, -0.05) is 30.3 Å². The lowest BCUT2D eigenvalue weighted by Gasteiger charge is -2.07. The summed E-state index contributed by atoms with van der Waals surface area (Å²) in [4.78, 5) is 4.34. The highest BCUT2D eigenvalue weighted by molar-refractivity contribution is 5.61. The lowest BCUT2D eigenvalue weighted by Crippen LogP contribution is -2.07. The highest BCUT2D eigenvalue weighted by atomic mass is 15.3. The average molecular weight is 264 g/mol. The van der Waals surface area contributed by atoms with E-state index in [9.17, 15) is 0 Å². The predicted molar refractivity (Wildman–Crippen MR) is 79.4 cm³/mol. The van der Waals surface area contributed by atoms with Crippen molar-refractivity contribution in [2.45, 2.75) is 13.0 Å². The molecular weight excluding hydrogens is 248 g/mol. The summed E-state index contributed by atoms with van der Waals surface area (Å²) < 4.78 is 1.77. The highest BCUT2D eigenvalue weighted by Crippen LogP contribution is 2.19. The normalized spacial score (nSPS) is 12.3. The summed E-state index contributed by atoms with van der Waals surface area (Å²) in [5.41, 5.74) is 9.16. The fraction of sp³-hybridized carbons (Fsp3) is 0.125. The Morgan fingerprint density at radius 3 is 2.65 bits per heavy atom. The maximum Gasteiger partial charge on any atom is 0.153 e. The summed E-state index contributed by atoms with van der Waals surface area (Å²) in [6.07, 6.45) is 5.58. The summed E-state index contributed by atoms with van der Waals surface area (Å²) in [5.74, 6) is 0.780. The predicted octanol–water partition coefficient (Wildman–Crippen LogP) is 2.95. The van der Waals surface area contributed by atoms with Crippen LogP contribution in [0.4, 0.5) is 0 Å². The van der Waals surface area contributed by atoms with Gasteiger partial charge in [-0.25, -0.2) is 9.67 Å². The van der Waals surface area contributed by atoms with Gasteiger partial charge in [0.05, 0.1) is 6.20 Å². The summed E-state index contributed by atoms with van der Waals surface area (Å²) in [7, 11) is 0. The van der Waals surface area contributed by atoms with Crippen LogP contribution in [0, 0.1) is 0 Å². The van der Waals surface area contributed by atoms with Gasteiger partial charge in [0.2, 0.25) is 0 Å². The molecule has 2 aromatic heterocycles. The maximum atomic E-state index is 5.90. The van der Waals surface area contributed by atoms with Crippen LogP contribution in [0.15, 0.2) is 61.1 Å². The molecule has 0 saturated heterocycles. The number of pyridine rings is 1. The van der Waals surface area contributed by atoms with Gasteiger partial charge in [0, 0.05) is 24.0 Å². The van der Waals surface area contributed by atoms with Crippen LogP contribution in [0.1, 0.15) is 18.5 Å². The van der Waals surface area contributed by atoms with Gasteiger partial charge in [-0.2, -0.15) is 5.10 Å². The van der Waals surface area contributed by atoms with Crippen LogP contribution in [-0.4, -0.2) is 14.8 Å². The van der Waals surface area contributed by atoms with Gasteiger partial charge in [0.15, 0.2) is 5.82 Å². The molecule has 2 heterocycles. The first-order chi connectivity index (χ1) is 9.74. The molecule has 1 unspecified atom stereocenters. The zero-order chi connectivity index (χ0) is 13.9. The maximum absolute atomic E-state index is 5.90. The second-order valence-electron chi connectivity index (χ2n) is 4.78. The third-order valence-electron chi connectivity index (χ3n) is 3.22. The largest absolute Gasteiger partial charge is 0.324 e. The van der Waals surface area contributed by atoms with Gasteiger partial charge in [-0.15, -0.1) is 0 Å². The van der Waals surface area contributed by atoms with E-state index in [0.29, 0.717) is 0 Å². The Bertz CT molecular complexity index is 701. The van der Waals surface area contributed by atoms with E-state index in [4.69, 9.17) is 5.73 Å². The quantitative estimate of drug-likeness (QED) is 0.791. The molecule has 4 heteroatoms. The molecule has 0 spiro atoms. The average Bonchev–Trinajstić information content (AvgIpc) is 2.98. The summed E-state index contributed by atoms with van der Waals surface area (Å²) in [6, 6.07) is 14.0. The van der Waals surface area contributed by atoms with Crippen LogP contribution >= 0.6 is 0 Å². The van der Waals surface area contributed by atoms with Crippen molar-refractivity contribution in [1.29, 1.82) is 0 Å². The fourth-order valence-corrected chi connectivity index (χ4v) is 2.07. The lowest BCUT2D eigenvalue weighted by atomic mass is 10.1. The van der Waals surface area contributed by atoms with Gasteiger partial charge < -0.3 is 5.73 Å². The minimum atomic E-state index is -0.0131. The first-order valence-electron chi connectivity index (χ1n) is 6.56. The zero-order valence-electron chi connectivity index (χ0n) is 11.3. The SMILES string of the molecule is CC(N)c1ccnc(-n2cc(-c3ccccc3)cn2)c1. The Morgan fingerprint density at radius 2 is 1.90 bits per heavy atom. The molecule has 0 aliphatic heterocycles. The molecule has 1 atom stereocenters. The molecule has 4 nitrogen and oxygen atoms in total. The van der Waals surface area contributed by atoms with E-state index in [1.54, 1.807) is 10.9 Å². The Kier molecular flexibility index (Phi) is 3.31. The van der Waals surface area contributed by atoms with Crippen molar-refractivity contribution in [3.63, 3.8) is 0 Å². The molecule has 2 N–H and O–H groups in total. The molecular formula is C16H16N4. The Hall–Kier alpha value is -2.46. The van der Waals surface area contributed by atoms with Crippen molar-refractivity contribution in [2.24, 2.45) is 5.73 Å². The molecule has 0 amide bonds. The second kappa shape index (κ2) is 5.27. The second-order valence-corrected chi connectivity index (χ2v) is 4.78. The van der Waals surface area contributed by atoms with Gasteiger partial charge in [-0.3, -0.25) is 0 Å². The van der Waals surface area contributed by atoms with E-state index in [1.165, 1.54) is 0 Å². The van der Waals surface area contributed by atoms with Crippen molar-refractivity contribution in [2.75, 3.05) is 0 Å². The third kappa shape index (κ3) is 2.46. The number of aromatic nitrogens is 3. The summed E-state index contributed by atoms with van der Waals surface area (Å²) in [6.45, 7) is 1.96. The molecule has 3 rings (SSSR count). The molecule has 0 radical (unpaired) electrons. The minimum absolute atomic E-state index is 0.0131. The van der Waals surface area contributed by atoms with Crippen molar-refractivity contribution in [3.8, 4) is 16.9 Å². The van der Waals surface area contributed by atoms with E-state index in [2.05, 4.69) is 22.2 Å². The van der Waals surface area contributed by atoms with Crippen LogP contribution in [-0.2, 0) is 0 Å². The Morgan fingerprint density at radius 1 is 1.10 bits per heavy atom. The van der Waals surface area contributed by atoms with Crippen LogP contribution in [0.5, 0.6) is 0 Å². The summed E-state index contributed by atoms with van der Waals surface area (Å²) in [5, 5.41) is 4.38. The molecule has 20 heavy (non-hydrogen) atoms. The van der Waals surface area contributed by atoms with Crippen molar-refractivity contribution in [3.05, 3.63) is 66.6 Å². The molecule has 0 fully saturated rings. The first-order valence-corrected chi connectivity index (χ1v) is 6.56. The van der Waals surface area contributed by atoms with Crippen molar-refractivity contribution in [1.82, 2.24) is 14.8 Å². The Labute approximate surface area is 117 Å². The van der Waals surface area contributed by atoms with Crippen molar-refractivity contribution < 1.29 is 0 Å². The molecule has 0 aliphatic rings. The fourth-order valence-electron chi connectivity index (χ4n) is 2.07. The lowest BCUT2D eigenvalue weighted by molar-refractivity contribution is 0.796. The van der Waals surface area contributed by atoms with Gasteiger partial charge in [0.1, 0.15) is 0 Å². The molecule has 100 valence electrons. The monoisotopic (exact) mass is 264 g/mol. The van der Waals surface area contributed by atoms with Crippen LogP contribution in [0.3, 0.4) is 0 Å². The number of hydrogen-bond acceptors (Lipinski definition) is 3. The van der Waals surface area contributed by atoms with Crippen molar-refractivity contribution >= 4 is 0 Å². The molecule has 3 aromatic rings. The van der Waals surface area contributed by atoms with E-state index >= 15 is 0 Å². The molecule has 0 saturated carbocycles. The molecule has 0 aliphatic carbocycles. The van der Waals surface area contributed by atoms with Crippen LogP contribution in [0.25, 0.3) is 16.9 Å².